The molecule has 0 aliphatic carbocycles. The summed E-state index contributed by atoms with van der Waals surface area (Å²) in [7, 11) is 3.06. The molecule has 0 aliphatic rings. The summed E-state index contributed by atoms with van der Waals surface area (Å²) in [4.78, 5) is 23.9. The Morgan fingerprint density at radius 3 is 2.36 bits per heavy atom. The largest absolute Gasteiger partial charge is 0.493 e. The first-order chi connectivity index (χ1) is 13.4. The monoisotopic (exact) mass is 391 g/mol. The number of carbonyl (C=O) groups is 2. The van der Waals surface area contributed by atoms with E-state index >= 15 is 0 Å². The van der Waals surface area contributed by atoms with Crippen molar-refractivity contribution in [2.24, 2.45) is 0 Å². The van der Waals surface area contributed by atoms with Gasteiger partial charge in [0.2, 0.25) is 0 Å². The van der Waals surface area contributed by atoms with Crippen molar-refractivity contribution in [1.82, 2.24) is 5.32 Å². The van der Waals surface area contributed by atoms with Crippen LogP contribution in [0.3, 0.4) is 0 Å². The molecule has 0 bridgehead atoms. The second-order valence-corrected chi connectivity index (χ2v) is 5.78. The van der Waals surface area contributed by atoms with Gasteiger partial charge in [-0.15, -0.1) is 0 Å². The molecule has 8 heteroatoms. The Labute approximate surface area is 162 Å². The maximum absolute atomic E-state index is 12.8. The number of hydrogen-bond donors (Lipinski definition) is 1. The maximum atomic E-state index is 12.8. The third kappa shape index (κ3) is 6.15. The van der Waals surface area contributed by atoms with Crippen LogP contribution in [0.2, 0.25) is 0 Å². The van der Waals surface area contributed by atoms with Crippen molar-refractivity contribution in [2.75, 3.05) is 20.8 Å². The first-order valence-electron chi connectivity index (χ1n) is 8.49. The van der Waals surface area contributed by atoms with Gasteiger partial charge < -0.3 is 24.3 Å². The molecule has 1 amide bonds. The van der Waals surface area contributed by atoms with Crippen molar-refractivity contribution in [1.29, 1.82) is 0 Å². The molecular formula is C20H22FNO6. The number of amides is 1. The summed E-state index contributed by atoms with van der Waals surface area (Å²) >= 11 is 0. The number of rotatable bonds is 9. The second kappa shape index (κ2) is 10.1. The number of methoxy groups -OCH3 is 2. The molecule has 0 saturated carbocycles. The summed E-state index contributed by atoms with van der Waals surface area (Å²) in [5.74, 6) is -0.116. The molecule has 0 spiro atoms. The zero-order valence-corrected chi connectivity index (χ0v) is 15.9. The van der Waals surface area contributed by atoms with Crippen molar-refractivity contribution in [3.05, 3.63) is 53.8 Å². The summed E-state index contributed by atoms with van der Waals surface area (Å²) in [5.41, 5.74) is 0.796. The molecule has 2 aromatic rings. The van der Waals surface area contributed by atoms with Crippen LogP contribution in [0.5, 0.6) is 17.2 Å². The Morgan fingerprint density at radius 1 is 1.04 bits per heavy atom. The number of benzene rings is 2. The predicted molar refractivity (Wildman–Crippen MR) is 98.8 cm³/mol. The van der Waals surface area contributed by atoms with Crippen molar-refractivity contribution < 1.29 is 32.9 Å². The minimum Gasteiger partial charge on any atom is -0.493 e. The van der Waals surface area contributed by atoms with Gasteiger partial charge in [-0.1, -0.05) is 6.07 Å². The van der Waals surface area contributed by atoms with Gasteiger partial charge in [-0.05, 0) is 48.9 Å². The van der Waals surface area contributed by atoms with Crippen LogP contribution in [-0.2, 0) is 20.9 Å². The van der Waals surface area contributed by atoms with E-state index in [9.17, 15) is 14.0 Å². The van der Waals surface area contributed by atoms with Crippen LogP contribution in [-0.4, -0.2) is 38.8 Å². The number of carbonyl (C=O) groups excluding carboxylic acids is 2. The topological polar surface area (TPSA) is 83.1 Å². The van der Waals surface area contributed by atoms with E-state index in [0.29, 0.717) is 17.2 Å². The second-order valence-electron chi connectivity index (χ2n) is 5.78. The Kier molecular flexibility index (Phi) is 7.62. The SMILES string of the molecule is COc1ccc(CNC(=O)[C@@H](C)OC(=O)COc2ccc(F)cc2)cc1OC. The van der Waals surface area contributed by atoms with E-state index in [2.05, 4.69) is 5.32 Å². The van der Waals surface area contributed by atoms with E-state index in [1.807, 2.05) is 0 Å². The van der Waals surface area contributed by atoms with Gasteiger partial charge in [-0.2, -0.15) is 0 Å². The third-order valence-electron chi connectivity index (χ3n) is 3.76. The summed E-state index contributed by atoms with van der Waals surface area (Å²) in [5, 5.41) is 2.68. The summed E-state index contributed by atoms with van der Waals surface area (Å²) in [6.07, 6.45) is -0.996. The molecule has 0 fully saturated rings. The summed E-state index contributed by atoms with van der Waals surface area (Å²) < 4.78 is 33.4. The molecule has 0 radical (unpaired) electrons. The smallest absolute Gasteiger partial charge is 0.344 e. The highest BCUT2D eigenvalue weighted by molar-refractivity contribution is 5.83. The van der Waals surface area contributed by atoms with Crippen LogP contribution in [0.25, 0.3) is 0 Å². The van der Waals surface area contributed by atoms with Gasteiger partial charge in [-0.25, -0.2) is 9.18 Å². The molecule has 28 heavy (non-hydrogen) atoms. The van der Waals surface area contributed by atoms with E-state index in [1.165, 1.54) is 45.4 Å². The summed E-state index contributed by atoms with van der Waals surface area (Å²) in [6, 6.07) is 10.5. The maximum Gasteiger partial charge on any atom is 0.344 e. The van der Waals surface area contributed by atoms with Gasteiger partial charge >= 0.3 is 5.97 Å². The Balaban J connectivity index is 1.78. The highest BCUT2D eigenvalue weighted by atomic mass is 19.1. The van der Waals surface area contributed by atoms with Crippen LogP contribution >= 0.6 is 0 Å². The molecular weight excluding hydrogens is 369 g/mol. The molecule has 2 aromatic carbocycles. The highest BCUT2D eigenvalue weighted by Gasteiger charge is 2.18. The zero-order chi connectivity index (χ0) is 20.5. The number of hydrogen-bond acceptors (Lipinski definition) is 6. The van der Waals surface area contributed by atoms with Crippen molar-refractivity contribution in [3.63, 3.8) is 0 Å². The van der Waals surface area contributed by atoms with Crippen LogP contribution in [0, 0.1) is 5.82 Å². The normalized spacial score (nSPS) is 11.3. The fourth-order valence-corrected chi connectivity index (χ4v) is 2.28. The van der Waals surface area contributed by atoms with Crippen LogP contribution < -0.4 is 19.5 Å². The van der Waals surface area contributed by atoms with E-state index in [-0.39, 0.29) is 13.2 Å². The fourth-order valence-electron chi connectivity index (χ4n) is 2.28. The first-order valence-corrected chi connectivity index (χ1v) is 8.49. The molecule has 0 unspecified atom stereocenters. The van der Waals surface area contributed by atoms with Crippen molar-refractivity contribution >= 4 is 11.9 Å². The first kappa shape index (κ1) is 21.0. The van der Waals surface area contributed by atoms with Gasteiger partial charge in [0.15, 0.2) is 24.2 Å². The van der Waals surface area contributed by atoms with Crippen molar-refractivity contribution in [2.45, 2.75) is 19.6 Å². The molecule has 0 saturated heterocycles. The molecule has 1 N–H and O–H groups in total. The average molecular weight is 391 g/mol. The van der Waals surface area contributed by atoms with E-state index < -0.39 is 23.8 Å². The molecule has 0 aliphatic heterocycles. The molecule has 2 rings (SSSR count). The van der Waals surface area contributed by atoms with Gasteiger partial charge in [0.05, 0.1) is 14.2 Å². The van der Waals surface area contributed by atoms with Crippen LogP contribution in [0.15, 0.2) is 42.5 Å². The molecule has 150 valence electrons. The summed E-state index contributed by atoms with van der Waals surface area (Å²) in [6.45, 7) is 1.30. The zero-order valence-electron chi connectivity index (χ0n) is 15.9. The Bertz CT molecular complexity index is 809. The standard InChI is InChI=1S/C20H22FNO6/c1-13(28-19(23)12-27-16-7-5-15(21)6-8-16)20(24)22-11-14-4-9-17(25-2)18(10-14)26-3/h4-10,13H,11-12H2,1-3H3,(H,22,24)/t13-/m1/s1. The van der Waals surface area contributed by atoms with Crippen LogP contribution in [0.1, 0.15) is 12.5 Å². The molecule has 1 atom stereocenters. The van der Waals surface area contributed by atoms with E-state index in [1.54, 1.807) is 18.2 Å². The minimum atomic E-state index is -0.996. The Morgan fingerprint density at radius 2 is 1.71 bits per heavy atom. The molecule has 7 nitrogen and oxygen atoms in total. The van der Waals surface area contributed by atoms with Gasteiger partial charge in [0.25, 0.3) is 5.91 Å². The van der Waals surface area contributed by atoms with E-state index in [0.717, 1.165) is 5.56 Å². The van der Waals surface area contributed by atoms with Gasteiger partial charge in [0, 0.05) is 6.54 Å². The lowest BCUT2D eigenvalue weighted by Crippen LogP contribution is -2.36. The van der Waals surface area contributed by atoms with E-state index in [4.69, 9.17) is 18.9 Å². The average Bonchev–Trinajstić information content (AvgIpc) is 2.71. The van der Waals surface area contributed by atoms with Gasteiger partial charge in [0.1, 0.15) is 11.6 Å². The molecule has 0 heterocycles. The lowest BCUT2D eigenvalue weighted by Gasteiger charge is -2.14. The number of nitrogens with one attached hydrogen (secondary N) is 1. The number of esters is 1. The van der Waals surface area contributed by atoms with Crippen LogP contribution in [0.4, 0.5) is 4.39 Å². The number of halogens is 1. The Hall–Kier alpha value is -3.29. The minimum absolute atomic E-state index is 0.229. The fraction of sp³-hybridized carbons (Fsp3) is 0.300. The molecule has 0 aromatic heterocycles. The predicted octanol–water partition coefficient (Wildman–Crippen LogP) is 2.47. The quantitative estimate of drug-likeness (QED) is 0.662. The number of ether oxygens (including phenoxy) is 4. The third-order valence-corrected chi connectivity index (χ3v) is 3.76. The lowest BCUT2D eigenvalue weighted by molar-refractivity contribution is -0.156. The lowest BCUT2D eigenvalue weighted by atomic mass is 10.2. The highest BCUT2D eigenvalue weighted by Crippen LogP contribution is 2.27. The van der Waals surface area contributed by atoms with Crippen molar-refractivity contribution in [3.8, 4) is 17.2 Å². The van der Waals surface area contributed by atoms with Gasteiger partial charge in [-0.3, -0.25) is 4.79 Å².